The predicted molar refractivity (Wildman–Crippen MR) is 95.8 cm³/mol. The Labute approximate surface area is 146 Å². The minimum atomic E-state index is -3.01. The molecule has 1 atom stereocenters. The number of carbonyl (C=O) groups is 1. The van der Waals surface area contributed by atoms with Crippen molar-refractivity contribution in [2.75, 3.05) is 16.8 Å². The summed E-state index contributed by atoms with van der Waals surface area (Å²) in [7, 11) is -3.01. The molecular weight excluding hydrogens is 340 g/mol. The van der Waals surface area contributed by atoms with E-state index in [1.807, 2.05) is 19.9 Å². The molecule has 0 aliphatic carbocycles. The van der Waals surface area contributed by atoms with Crippen LogP contribution in [0.15, 0.2) is 30.3 Å². The van der Waals surface area contributed by atoms with Gasteiger partial charge in [-0.15, -0.1) is 0 Å². The molecule has 2 aromatic rings. The summed E-state index contributed by atoms with van der Waals surface area (Å²) in [6.45, 7) is 3.80. The quantitative estimate of drug-likeness (QED) is 0.861. The average Bonchev–Trinajstić information content (AvgIpc) is 2.85. The van der Waals surface area contributed by atoms with Gasteiger partial charge in [-0.05, 0) is 50.6 Å². The summed E-state index contributed by atoms with van der Waals surface area (Å²) in [6.07, 6.45) is 0.470. The number of aromatic nitrogens is 2. The van der Waals surface area contributed by atoms with Crippen molar-refractivity contribution in [1.29, 1.82) is 0 Å². The number of nitrogens with zero attached hydrogens (tertiary/aromatic N) is 2. The van der Waals surface area contributed by atoms with Crippen molar-refractivity contribution in [3.05, 3.63) is 47.3 Å². The van der Waals surface area contributed by atoms with Crippen molar-refractivity contribution < 1.29 is 13.2 Å². The van der Waals surface area contributed by atoms with E-state index >= 15 is 0 Å². The Morgan fingerprint density at radius 3 is 2.32 bits per heavy atom. The lowest BCUT2D eigenvalue weighted by molar-refractivity contribution is 0.0941. The summed E-state index contributed by atoms with van der Waals surface area (Å²) < 4.78 is 22.9. The molecule has 2 heterocycles. The maximum absolute atomic E-state index is 12.2. The van der Waals surface area contributed by atoms with Gasteiger partial charge in [-0.3, -0.25) is 4.79 Å². The highest BCUT2D eigenvalue weighted by molar-refractivity contribution is 7.91. The second-order valence-electron chi connectivity index (χ2n) is 6.25. The second-order valence-corrected chi connectivity index (χ2v) is 8.48. The lowest BCUT2D eigenvalue weighted by Gasteiger charge is -2.11. The van der Waals surface area contributed by atoms with Crippen LogP contribution in [0, 0.1) is 13.8 Å². The Morgan fingerprint density at radius 2 is 1.76 bits per heavy atom. The fraction of sp³-hybridized carbons (Fsp3) is 0.353. The second kappa shape index (κ2) is 6.79. The van der Waals surface area contributed by atoms with Gasteiger partial charge in [0.1, 0.15) is 0 Å². The molecule has 1 aromatic carbocycles. The van der Waals surface area contributed by atoms with Gasteiger partial charge in [0.05, 0.1) is 11.5 Å². The number of carbonyl (C=O) groups excluding carboxylic acids is 1. The molecule has 1 aromatic heterocycles. The van der Waals surface area contributed by atoms with Gasteiger partial charge in [-0.1, -0.05) is 0 Å². The molecule has 25 heavy (non-hydrogen) atoms. The van der Waals surface area contributed by atoms with Crippen LogP contribution in [0.3, 0.4) is 0 Å². The molecule has 3 rings (SSSR count). The Morgan fingerprint density at radius 1 is 1.12 bits per heavy atom. The summed E-state index contributed by atoms with van der Waals surface area (Å²) in [5.41, 5.74) is 3.00. The van der Waals surface area contributed by atoms with Crippen LogP contribution in [0.2, 0.25) is 0 Å². The molecule has 0 unspecified atom stereocenters. The molecule has 1 amide bonds. The molecule has 1 saturated heterocycles. The summed E-state index contributed by atoms with van der Waals surface area (Å²) in [4.78, 5) is 20.8. The molecule has 0 saturated carbocycles. The zero-order chi connectivity index (χ0) is 18.0. The van der Waals surface area contributed by atoms with Crippen LogP contribution < -0.4 is 10.6 Å². The number of sulfone groups is 1. The van der Waals surface area contributed by atoms with E-state index in [4.69, 9.17) is 0 Å². The van der Waals surface area contributed by atoms with Gasteiger partial charge >= 0.3 is 0 Å². The molecule has 0 spiro atoms. The molecule has 7 nitrogen and oxygen atoms in total. The number of aryl methyl sites for hydroxylation is 2. The summed E-state index contributed by atoms with van der Waals surface area (Å²) in [6, 6.07) is 8.48. The Hall–Kier alpha value is -2.48. The van der Waals surface area contributed by atoms with Crippen LogP contribution in [0.25, 0.3) is 0 Å². The first-order valence-electron chi connectivity index (χ1n) is 8.01. The van der Waals surface area contributed by atoms with E-state index in [0.29, 0.717) is 17.9 Å². The number of benzene rings is 1. The van der Waals surface area contributed by atoms with Gasteiger partial charge in [0, 0.05) is 28.7 Å². The number of nitrogens with one attached hydrogen (secondary N) is 2. The molecule has 1 fully saturated rings. The lowest BCUT2D eigenvalue weighted by Crippen LogP contribution is -2.35. The van der Waals surface area contributed by atoms with Crippen LogP contribution in [-0.4, -0.2) is 41.8 Å². The highest BCUT2D eigenvalue weighted by Crippen LogP contribution is 2.16. The number of hydrogen-bond acceptors (Lipinski definition) is 6. The number of amides is 1. The maximum Gasteiger partial charge on any atom is 0.251 e. The van der Waals surface area contributed by atoms with Gasteiger partial charge in [0.15, 0.2) is 9.84 Å². The summed E-state index contributed by atoms with van der Waals surface area (Å²) in [5.74, 6) is 0.390. The third-order valence-electron chi connectivity index (χ3n) is 3.95. The average molecular weight is 360 g/mol. The number of anilines is 2. The van der Waals surface area contributed by atoms with Crippen LogP contribution in [0.1, 0.15) is 28.2 Å². The minimum absolute atomic E-state index is 0.0163. The van der Waals surface area contributed by atoms with E-state index < -0.39 is 9.84 Å². The van der Waals surface area contributed by atoms with E-state index in [-0.39, 0.29) is 23.5 Å². The van der Waals surface area contributed by atoms with Crippen molar-refractivity contribution in [3.63, 3.8) is 0 Å². The lowest BCUT2D eigenvalue weighted by atomic mass is 10.1. The van der Waals surface area contributed by atoms with Crippen molar-refractivity contribution in [2.24, 2.45) is 0 Å². The first-order chi connectivity index (χ1) is 11.8. The zero-order valence-electron chi connectivity index (χ0n) is 14.1. The summed E-state index contributed by atoms with van der Waals surface area (Å²) in [5, 5.41) is 5.87. The number of hydrogen-bond donors (Lipinski definition) is 2. The van der Waals surface area contributed by atoms with E-state index in [1.165, 1.54) is 0 Å². The largest absolute Gasteiger partial charge is 0.348 e. The van der Waals surface area contributed by atoms with E-state index in [9.17, 15) is 13.2 Å². The first kappa shape index (κ1) is 17.3. The van der Waals surface area contributed by atoms with Gasteiger partial charge in [0.2, 0.25) is 5.95 Å². The predicted octanol–water partition coefficient (Wildman–Crippen LogP) is 1.75. The Balaban J connectivity index is 1.64. The fourth-order valence-corrected chi connectivity index (χ4v) is 4.47. The molecule has 8 heteroatoms. The summed E-state index contributed by atoms with van der Waals surface area (Å²) >= 11 is 0. The van der Waals surface area contributed by atoms with Crippen LogP contribution in [0.5, 0.6) is 0 Å². The molecule has 0 bridgehead atoms. The van der Waals surface area contributed by atoms with E-state index in [2.05, 4.69) is 20.6 Å². The monoisotopic (exact) mass is 360 g/mol. The van der Waals surface area contributed by atoms with Crippen LogP contribution >= 0.6 is 0 Å². The Bertz CT molecular complexity index is 874. The molecule has 2 N–H and O–H groups in total. The SMILES string of the molecule is Cc1cc(C)nc(Nc2ccc(C(=O)N[C@@H]3CCS(=O)(=O)C3)cc2)n1. The van der Waals surface area contributed by atoms with Crippen molar-refractivity contribution >= 4 is 27.4 Å². The number of rotatable bonds is 4. The van der Waals surface area contributed by atoms with Crippen molar-refractivity contribution in [2.45, 2.75) is 26.3 Å². The van der Waals surface area contributed by atoms with Crippen LogP contribution in [-0.2, 0) is 9.84 Å². The highest BCUT2D eigenvalue weighted by atomic mass is 32.2. The topological polar surface area (TPSA) is 101 Å². The van der Waals surface area contributed by atoms with Gasteiger partial charge in [0.25, 0.3) is 5.91 Å². The maximum atomic E-state index is 12.2. The molecular formula is C17H20N4O3S. The fourth-order valence-electron chi connectivity index (χ4n) is 2.79. The standard InChI is InChI=1S/C17H20N4O3S/c1-11-9-12(2)19-17(18-11)21-14-5-3-13(4-6-14)16(22)20-15-7-8-25(23,24)10-15/h3-6,9,15H,7-8,10H2,1-2H3,(H,20,22)(H,18,19,21)/t15-/m1/s1. The highest BCUT2D eigenvalue weighted by Gasteiger charge is 2.29. The third kappa shape index (κ3) is 4.54. The van der Waals surface area contributed by atoms with Crippen LogP contribution in [0.4, 0.5) is 11.6 Å². The first-order valence-corrected chi connectivity index (χ1v) is 9.83. The van der Waals surface area contributed by atoms with E-state index in [0.717, 1.165) is 17.1 Å². The minimum Gasteiger partial charge on any atom is -0.348 e. The molecule has 1 aliphatic rings. The van der Waals surface area contributed by atoms with Gasteiger partial charge in [-0.25, -0.2) is 18.4 Å². The normalized spacial score (nSPS) is 18.7. The van der Waals surface area contributed by atoms with Gasteiger partial charge < -0.3 is 10.6 Å². The Kier molecular flexibility index (Phi) is 4.71. The van der Waals surface area contributed by atoms with Crippen molar-refractivity contribution in [3.8, 4) is 0 Å². The van der Waals surface area contributed by atoms with Gasteiger partial charge in [-0.2, -0.15) is 0 Å². The van der Waals surface area contributed by atoms with Crippen molar-refractivity contribution in [1.82, 2.24) is 15.3 Å². The smallest absolute Gasteiger partial charge is 0.251 e. The zero-order valence-corrected chi connectivity index (χ0v) is 14.9. The molecule has 0 radical (unpaired) electrons. The third-order valence-corrected chi connectivity index (χ3v) is 5.72. The van der Waals surface area contributed by atoms with E-state index in [1.54, 1.807) is 24.3 Å². The molecule has 1 aliphatic heterocycles. The molecule has 132 valence electrons.